The van der Waals surface area contributed by atoms with Gasteiger partial charge in [-0.15, -0.1) is 5.10 Å². The Hall–Kier alpha value is -3.88. The van der Waals surface area contributed by atoms with E-state index < -0.39 is 10.8 Å². The number of carbonyl (C=O) groups is 1. The molecular formula is C17H14N6O3. The second-order valence-electron chi connectivity index (χ2n) is 5.39. The summed E-state index contributed by atoms with van der Waals surface area (Å²) < 4.78 is 1.49. The summed E-state index contributed by atoms with van der Waals surface area (Å²) >= 11 is 0. The van der Waals surface area contributed by atoms with Gasteiger partial charge in [-0.1, -0.05) is 18.2 Å². The van der Waals surface area contributed by atoms with E-state index >= 15 is 0 Å². The number of nitrogens with one attached hydrogen (secondary N) is 1. The van der Waals surface area contributed by atoms with Crippen LogP contribution in [0.25, 0.3) is 11.8 Å². The number of tetrazole rings is 1. The van der Waals surface area contributed by atoms with Crippen molar-refractivity contribution >= 4 is 23.4 Å². The molecule has 0 saturated heterocycles. The normalized spacial score (nSPS) is 10.8. The fourth-order valence-electron chi connectivity index (χ4n) is 2.35. The number of hydrogen-bond acceptors (Lipinski definition) is 6. The molecule has 0 aliphatic heterocycles. The topological polar surface area (TPSA) is 116 Å². The van der Waals surface area contributed by atoms with E-state index in [2.05, 4.69) is 20.8 Å². The molecule has 130 valence electrons. The van der Waals surface area contributed by atoms with Gasteiger partial charge in [-0.05, 0) is 47.2 Å². The van der Waals surface area contributed by atoms with Crippen molar-refractivity contribution in [1.82, 2.24) is 20.2 Å². The number of aromatic nitrogens is 4. The van der Waals surface area contributed by atoms with Gasteiger partial charge in [0.05, 0.1) is 16.2 Å². The Morgan fingerprint density at radius 3 is 2.81 bits per heavy atom. The molecule has 3 aromatic rings. The predicted octanol–water partition coefficient (Wildman–Crippen LogP) is 2.53. The number of nitrogens with zero attached hydrogens (tertiary/aromatic N) is 5. The third-order valence-electron chi connectivity index (χ3n) is 3.62. The first kappa shape index (κ1) is 17.0. The molecule has 1 amide bonds. The standard InChI is InChI=1S/C17H14N6O3/c1-12-6-8-14(10-16(12)22-11-18-20-21-22)19-17(24)9-7-13-4-2-3-5-15(13)23(25)26/h2-11H,1H3,(H,19,24). The van der Waals surface area contributed by atoms with E-state index in [0.29, 0.717) is 11.3 Å². The van der Waals surface area contributed by atoms with Crippen molar-refractivity contribution < 1.29 is 9.72 Å². The van der Waals surface area contributed by atoms with Crippen LogP contribution in [0.2, 0.25) is 0 Å². The van der Waals surface area contributed by atoms with Gasteiger partial charge in [0.25, 0.3) is 5.69 Å². The summed E-state index contributed by atoms with van der Waals surface area (Å²) in [7, 11) is 0. The number of anilines is 1. The van der Waals surface area contributed by atoms with Crippen LogP contribution in [0.3, 0.4) is 0 Å². The second-order valence-corrected chi connectivity index (χ2v) is 5.39. The summed E-state index contributed by atoms with van der Waals surface area (Å²) in [5, 5.41) is 24.7. The van der Waals surface area contributed by atoms with Crippen LogP contribution in [-0.4, -0.2) is 31.0 Å². The average Bonchev–Trinajstić information content (AvgIpc) is 3.16. The summed E-state index contributed by atoms with van der Waals surface area (Å²) in [6.45, 7) is 1.90. The van der Waals surface area contributed by atoms with Gasteiger partial charge in [-0.25, -0.2) is 4.68 Å². The van der Waals surface area contributed by atoms with E-state index in [0.717, 1.165) is 11.3 Å². The smallest absolute Gasteiger partial charge is 0.276 e. The van der Waals surface area contributed by atoms with Gasteiger partial charge < -0.3 is 5.32 Å². The minimum absolute atomic E-state index is 0.0622. The molecule has 3 rings (SSSR count). The van der Waals surface area contributed by atoms with Gasteiger partial charge in [-0.2, -0.15) is 0 Å². The molecule has 0 atom stereocenters. The molecule has 26 heavy (non-hydrogen) atoms. The van der Waals surface area contributed by atoms with Crippen LogP contribution >= 0.6 is 0 Å². The van der Waals surface area contributed by atoms with Crippen LogP contribution < -0.4 is 5.32 Å². The highest BCUT2D eigenvalue weighted by Crippen LogP contribution is 2.20. The van der Waals surface area contributed by atoms with Gasteiger partial charge in [0, 0.05) is 17.8 Å². The number of benzene rings is 2. The molecule has 9 heteroatoms. The van der Waals surface area contributed by atoms with Gasteiger partial charge in [-0.3, -0.25) is 14.9 Å². The molecular weight excluding hydrogens is 336 g/mol. The number of aryl methyl sites for hydroxylation is 1. The van der Waals surface area contributed by atoms with Crippen LogP contribution in [0.15, 0.2) is 54.9 Å². The number of rotatable bonds is 5. The Morgan fingerprint density at radius 2 is 2.08 bits per heavy atom. The van der Waals surface area contributed by atoms with E-state index in [1.165, 1.54) is 29.2 Å². The van der Waals surface area contributed by atoms with Crippen molar-refractivity contribution in [1.29, 1.82) is 0 Å². The SMILES string of the molecule is Cc1ccc(NC(=O)C=Cc2ccccc2[N+](=O)[O-])cc1-n1cnnn1. The second kappa shape index (κ2) is 7.34. The Kier molecular flexibility index (Phi) is 4.79. The molecule has 0 radical (unpaired) electrons. The number of nitro groups is 1. The quantitative estimate of drug-likeness (QED) is 0.429. The van der Waals surface area contributed by atoms with Crippen LogP contribution in [0.1, 0.15) is 11.1 Å². The van der Waals surface area contributed by atoms with Crippen LogP contribution in [0, 0.1) is 17.0 Å². The number of amides is 1. The first-order valence-corrected chi connectivity index (χ1v) is 7.61. The first-order valence-electron chi connectivity index (χ1n) is 7.61. The zero-order valence-corrected chi connectivity index (χ0v) is 13.7. The maximum Gasteiger partial charge on any atom is 0.276 e. The monoisotopic (exact) mass is 350 g/mol. The number of carbonyl (C=O) groups excluding carboxylic acids is 1. The Morgan fingerprint density at radius 1 is 1.27 bits per heavy atom. The van der Waals surface area contributed by atoms with Crippen LogP contribution in [0.4, 0.5) is 11.4 Å². The van der Waals surface area contributed by atoms with Gasteiger partial charge >= 0.3 is 0 Å². The summed E-state index contributed by atoms with van der Waals surface area (Å²) in [5.74, 6) is -0.408. The zero-order valence-electron chi connectivity index (χ0n) is 13.7. The van der Waals surface area contributed by atoms with Gasteiger partial charge in [0.15, 0.2) is 0 Å². The lowest BCUT2D eigenvalue weighted by Crippen LogP contribution is -2.09. The molecule has 0 unspecified atom stereocenters. The van der Waals surface area contributed by atoms with E-state index in [-0.39, 0.29) is 5.69 Å². The number of nitro benzene ring substituents is 1. The molecule has 1 heterocycles. The molecule has 9 nitrogen and oxygen atoms in total. The van der Waals surface area contributed by atoms with Crippen molar-refractivity contribution in [2.24, 2.45) is 0 Å². The summed E-state index contributed by atoms with van der Waals surface area (Å²) in [4.78, 5) is 22.6. The van der Waals surface area contributed by atoms with E-state index in [4.69, 9.17) is 0 Å². The lowest BCUT2D eigenvalue weighted by Gasteiger charge is -2.08. The van der Waals surface area contributed by atoms with Crippen molar-refractivity contribution in [2.45, 2.75) is 6.92 Å². The summed E-state index contributed by atoms with van der Waals surface area (Å²) in [6.07, 6.45) is 4.12. The highest BCUT2D eigenvalue weighted by atomic mass is 16.6. The molecule has 1 aromatic heterocycles. The Labute approximate surface area is 148 Å². The van der Waals surface area contributed by atoms with Gasteiger partial charge in [0.1, 0.15) is 6.33 Å². The van der Waals surface area contributed by atoms with E-state index in [1.807, 2.05) is 13.0 Å². The molecule has 0 bridgehead atoms. The van der Waals surface area contributed by atoms with Gasteiger partial charge in [0.2, 0.25) is 5.91 Å². The lowest BCUT2D eigenvalue weighted by molar-refractivity contribution is -0.385. The number of hydrogen-bond donors (Lipinski definition) is 1. The minimum atomic E-state index is -0.490. The third kappa shape index (κ3) is 3.78. The van der Waals surface area contributed by atoms with Crippen molar-refractivity contribution in [2.75, 3.05) is 5.32 Å². The molecule has 0 fully saturated rings. The molecule has 0 spiro atoms. The van der Waals surface area contributed by atoms with Crippen molar-refractivity contribution in [3.05, 3.63) is 76.1 Å². The first-order chi connectivity index (χ1) is 12.5. The van der Waals surface area contributed by atoms with E-state index in [9.17, 15) is 14.9 Å². The molecule has 1 N–H and O–H groups in total. The van der Waals surface area contributed by atoms with Crippen molar-refractivity contribution in [3.8, 4) is 5.69 Å². The number of para-hydroxylation sites is 1. The molecule has 0 aliphatic rings. The zero-order chi connectivity index (χ0) is 18.5. The predicted molar refractivity (Wildman–Crippen MR) is 94.7 cm³/mol. The van der Waals surface area contributed by atoms with Crippen LogP contribution in [0.5, 0.6) is 0 Å². The minimum Gasteiger partial charge on any atom is -0.322 e. The molecule has 0 aliphatic carbocycles. The fraction of sp³-hybridized carbons (Fsp3) is 0.0588. The largest absolute Gasteiger partial charge is 0.322 e. The fourth-order valence-corrected chi connectivity index (χ4v) is 2.35. The maximum absolute atomic E-state index is 12.1. The Bertz CT molecular complexity index is 982. The maximum atomic E-state index is 12.1. The molecule has 2 aromatic carbocycles. The average molecular weight is 350 g/mol. The lowest BCUT2D eigenvalue weighted by atomic mass is 10.1. The Balaban J connectivity index is 1.77. The highest BCUT2D eigenvalue weighted by Gasteiger charge is 2.10. The molecule has 0 saturated carbocycles. The summed E-state index contributed by atoms with van der Waals surface area (Å²) in [6, 6.07) is 11.5. The van der Waals surface area contributed by atoms with E-state index in [1.54, 1.807) is 30.3 Å². The highest BCUT2D eigenvalue weighted by molar-refractivity contribution is 6.02. The summed E-state index contributed by atoms with van der Waals surface area (Å²) in [5.41, 5.74) is 2.51. The third-order valence-corrected chi connectivity index (χ3v) is 3.62. The van der Waals surface area contributed by atoms with Crippen molar-refractivity contribution in [3.63, 3.8) is 0 Å². The van der Waals surface area contributed by atoms with Crippen LogP contribution in [-0.2, 0) is 4.79 Å².